The van der Waals surface area contributed by atoms with Crippen LogP contribution in [-0.2, 0) is 6.54 Å². The lowest BCUT2D eigenvalue weighted by Gasteiger charge is -2.24. The summed E-state index contributed by atoms with van der Waals surface area (Å²) in [4.78, 5) is 1.77. The van der Waals surface area contributed by atoms with Gasteiger partial charge in [-0.05, 0) is 31.5 Å². The van der Waals surface area contributed by atoms with Crippen LogP contribution in [0.2, 0.25) is 0 Å². The maximum absolute atomic E-state index is 13.9. The van der Waals surface area contributed by atoms with Crippen molar-refractivity contribution in [3.05, 3.63) is 29.6 Å². The largest absolute Gasteiger partial charge is 0.392 e. The highest BCUT2D eigenvalue weighted by atomic mass is 19.1. The van der Waals surface area contributed by atoms with Crippen molar-refractivity contribution in [3.8, 4) is 0 Å². The molecule has 3 nitrogen and oxygen atoms in total. The second kappa shape index (κ2) is 7.34. The summed E-state index contributed by atoms with van der Waals surface area (Å²) in [6.45, 7) is 5.77. The summed E-state index contributed by atoms with van der Waals surface area (Å²) in [5, 5.41) is 12.7. The minimum Gasteiger partial charge on any atom is -0.392 e. The fourth-order valence-corrected chi connectivity index (χ4v) is 2.02. The second-order valence-corrected chi connectivity index (χ2v) is 4.65. The molecule has 102 valence electrons. The molecule has 0 saturated carbocycles. The quantitative estimate of drug-likeness (QED) is 0.732. The third-order valence-electron chi connectivity index (χ3n) is 2.73. The van der Waals surface area contributed by atoms with Gasteiger partial charge in [-0.1, -0.05) is 19.1 Å². The first-order valence-corrected chi connectivity index (χ1v) is 6.43. The number of rotatable bonds is 7. The normalized spacial score (nSPS) is 12.5. The Hall–Kier alpha value is -1.13. The van der Waals surface area contributed by atoms with Crippen LogP contribution in [0, 0.1) is 5.82 Å². The van der Waals surface area contributed by atoms with E-state index >= 15 is 0 Å². The molecule has 1 aromatic rings. The number of anilines is 1. The lowest BCUT2D eigenvalue weighted by molar-refractivity contribution is 0.201. The first-order valence-electron chi connectivity index (χ1n) is 6.43. The minimum atomic E-state index is -0.481. The van der Waals surface area contributed by atoms with E-state index in [2.05, 4.69) is 12.2 Å². The molecule has 0 amide bonds. The minimum absolute atomic E-state index is 0.242. The Morgan fingerprint density at radius 1 is 1.44 bits per heavy atom. The Bertz CT molecular complexity index is 369. The van der Waals surface area contributed by atoms with E-state index in [0.717, 1.165) is 18.5 Å². The van der Waals surface area contributed by atoms with Gasteiger partial charge in [0, 0.05) is 20.1 Å². The van der Waals surface area contributed by atoms with Gasteiger partial charge in [0.1, 0.15) is 5.82 Å². The number of nitrogens with zero attached hydrogens (tertiary/aromatic N) is 1. The summed E-state index contributed by atoms with van der Waals surface area (Å²) in [6, 6.07) is 5.09. The van der Waals surface area contributed by atoms with Crippen LogP contribution in [0.3, 0.4) is 0 Å². The lowest BCUT2D eigenvalue weighted by atomic mass is 10.1. The molecule has 0 aliphatic heterocycles. The molecule has 0 bridgehead atoms. The molecular weight excluding hydrogens is 231 g/mol. The van der Waals surface area contributed by atoms with Crippen molar-refractivity contribution >= 4 is 5.69 Å². The number of benzene rings is 1. The van der Waals surface area contributed by atoms with Crippen LogP contribution in [0.1, 0.15) is 25.8 Å². The topological polar surface area (TPSA) is 35.5 Å². The third-order valence-corrected chi connectivity index (χ3v) is 2.73. The van der Waals surface area contributed by atoms with Crippen molar-refractivity contribution in [2.45, 2.75) is 32.9 Å². The number of aliphatic hydroxyl groups is 1. The molecule has 0 radical (unpaired) electrons. The van der Waals surface area contributed by atoms with E-state index in [9.17, 15) is 9.50 Å². The predicted molar refractivity (Wildman–Crippen MR) is 73.3 cm³/mol. The van der Waals surface area contributed by atoms with Crippen molar-refractivity contribution in [2.75, 3.05) is 25.0 Å². The van der Waals surface area contributed by atoms with Gasteiger partial charge in [-0.15, -0.1) is 0 Å². The highest BCUT2D eigenvalue weighted by molar-refractivity contribution is 5.54. The summed E-state index contributed by atoms with van der Waals surface area (Å²) < 4.78 is 13.9. The van der Waals surface area contributed by atoms with E-state index in [4.69, 9.17) is 0 Å². The molecule has 1 atom stereocenters. The van der Waals surface area contributed by atoms with Crippen LogP contribution in [0.15, 0.2) is 18.2 Å². The van der Waals surface area contributed by atoms with Crippen LogP contribution in [0.25, 0.3) is 0 Å². The average Bonchev–Trinajstić information content (AvgIpc) is 2.28. The Kier molecular flexibility index (Phi) is 6.09. The van der Waals surface area contributed by atoms with Gasteiger partial charge in [0.05, 0.1) is 11.8 Å². The smallest absolute Gasteiger partial charge is 0.146 e. The predicted octanol–water partition coefficient (Wildman–Crippen LogP) is 2.14. The first-order chi connectivity index (χ1) is 8.56. The van der Waals surface area contributed by atoms with Crippen molar-refractivity contribution in [3.63, 3.8) is 0 Å². The molecule has 18 heavy (non-hydrogen) atoms. The van der Waals surface area contributed by atoms with Crippen LogP contribution in [-0.4, -0.2) is 31.3 Å². The SMILES string of the molecule is CCCNCc1cccc(F)c1N(C)CC(C)O. The number of hydrogen-bond acceptors (Lipinski definition) is 3. The van der Waals surface area contributed by atoms with E-state index in [0.29, 0.717) is 18.8 Å². The van der Waals surface area contributed by atoms with E-state index in [1.165, 1.54) is 6.07 Å². The second-order valence-electron chi connectivity index (χ2n) is 4.65. The summed E-state index contributed by atoms with van der Waals surface area (Å²) in [6.07, 6.45) is 0.569. The first kappa shape index (κ1) is 14.9. The molecule has 0 saturated heterocycles. The van der Waals surface area contributed by atoms with Gasteiger partial charge in [-0.2, -0.15) is 0 Å². The van der Waals surface area contributed by atoms with Gasteiger partial charge in [0.2, 0.25) is 0 Å². The molecule has 1 rings (SSSR count). The van der Waals surface area contributed by atoms with E-state index in [-0.39, 0.29) is 5.82 Å². The molecule has 0 fully saturated rings. The lowest BCUT2D eigenvalue weighted by Crippen LogP contribution is -2.29. The Labute approximate surface area is 109 Å². The highest BCUT2D eigenvalue weighted by Crippen LogP contribution is 2.23. The molecule has 1 unspecified atom stereocenters. The van der Waals surface area contributed by atoms with Gasteiger partial charge in [-0.3, -0.25) is 0 Å². The van der Waals surface area contributed by atoms with Gasteiger partial charge in [0.15, 0.2) is 0 Å². The van der Waals surface area contributed by atoms with Gasteiger partial charge >= 0.3 is 0 Å². The number of nitrogens with one attached hydrogen (secondary N) is 1. The van der Waals surface area contributed by atoms with Gasteiger partial charge in [0.25, 0.3) is 0 Å². The van der Waals surface area contributed by atoms with Crippen molar-refractivity contribution in [1.29, 1.82) is 0 Å². The van der Waals surface area contributed by atoms with Crippen LogP contribution < -0.4 is 10.2 Å². The average molecular weight is 254 g/mol. The Morgan fingerprint density at radius 2 is 2.17 bits per heavy atom. The van der Waals surface area contributed by atoms with E-state index < -0.39 is 6.10 Å². The molecule has 0 spiro atoms. The molecule has 0 aliphatic carbocycles. The summed E-state index contributed by atoms with van der Waals surface area (Å²) in [7, 11) is 1.80. The zero-order valence-electron chi connectivity index (χ0n) is 11.4. The highest BCUT2D eigenvalue weighted by Gasteiger charge is 2.13. The summed E-state index contributed by atoms with van der Waals surface area (Å²) >= 11 is 0. The van der Waals surface area contributed by atoms with Crippen LogP contribution >= 0.6 is 0 Å². The molecule has 0 aliphatic rings. The molecule has 4 heteroatoms. The fourth-order valence-electron chi connectivity index (χ4n) is 2.02. The van der Waals surface area contributed by atoms with Gasteiger partial charge in [-0.25, -0.2) is 4.39 Å². The number of likely N-dealkylation sites (N-methyl/N-ethyl adjacent to an activating group) is 1. The standard InChI is InChI=1S/C14H23FN2O/c1-4-8-16-9-12-6-5-7-13(15)14(12)17(3)10-11(2)18/h5-7,11,16,18H,4,8-10H2,1-3H3. The number of para-hydroxylation sites is 1. The molecule has 1 aromatic carbocycles. The van der Waals surface area contributed by atoms with E-state index in [1.807, 2.05) is 6.07 Å². The number of halogens is 1. The zero-order chi connectivity index (χ0) is 13.5. The summed E-state index contributed by atoms with van der Waals surface area (Å²) in [5.41, 5.74) is 1.49. The maximum Gasteiger partial charge on any atom is 0.146 e. The van der Waals surface area contributed by atoms with Crippen molar-refractivity contribution in [2.24, 2.45) is 0 Å². The van der Waals surface area contributed by atoms with Crippen molar-refractivity contribution in [1.82, 2.24) is 5.32 Å². The Morgan fingerprint density at radius 3 is 2.78 bits per heavy atom. The van der Waals surface area contributed by atoms with Gasteiger partial charge < -0.3 is 15.3 Å². The number of aliphatic hydroxyl groups excluding tert-OH is 1. The molecule has 0 heterocycles. The van der Waals surface area contributed by atoms with Crippen LogP contribution in [0.5, 0.6) is 0 Å². The third kappa shape index (κ3) is 4.27. The maximum atomic E-state index is 13.9. The summed E-state index contributed by atoms with van der Waals surface area (Å²) in [5.74, 6) is -0.242. The molecule has 2 N–H and O–H groups in total. The molecule has 0 aromatic heterocycles. The fraction of sp³-hybridized carbons (Fsp3) is 0.571. The zero-order valence-corrected chi connectivity index (χ0v) is 11.4. The number of hydrogen-bond donors (Lipinski definition) is 2. The Balaban J connectivity index is 2.85. The van der Waals surface area contributed by atoms with E-state index in [1.54, 1.807) is 24.9 Å². The van der Waals surface area contributed by atoms with Crippen molar-refractivity contribution < 1.29 is 9.50 Å². The van der Waals surface area contributed by atoms with Crippen LogP contribution in [0.4, 0.5) is 10.1 Å². The monoisotopic (exact) mass is 254 g/mol. The molecular formula is C14H23FN2O.